The van der Waals surface area contributed by atoms with Gasteiger partial charge in [0.25, 0.3) is 5.91 Å². The first-order valence-corrected chi connectivity index (χ1v) is 6.74. The minimum Gasteiger partial charge on any atom is -0.508 e. The van der Waals surface area contributed by atoms with Gasteiger partial charge in [-0.25, -0.2) is 9.37 Å². The highest BCUT2D eigenvalue weighted by Crippen LogP contribution is 2.29. The van der Waals surface area contributed by atoms with Gasteiger partial charge in [0, 0.05) is 5.56 Å². The van der Waals surface area contributed by atoms with Gasteiger partial charge in [0.05, 0.1) is 10.2 Å². The van der Waals surface area contributed by atoms with Gasteiger partial charge in [0.15, 0.2) is 16.7 Å². The number of anilines is 1. The van der Waals surface area contributed by atoms with E-state index in [-0.39, 0.29) is 11.3 Å². The van der Waals surface area contributed by atoms with E-state index in [1.165, 1.54) is 23.5 Å². The zero-order valence-electron chi connectivity index (χ0n) is 10.5. The number of halogens is 1. The Morgan fingerprint density at radius 2 is 2.00 bits per heavy atom. The van der Waals surface area contributed by atoms with E-state index in [1.807, 2.05) is 0 Å². The van der Waals surface area contributed by atoms with E-state index in [2.05, 4.69) is 10.3 Å². The van der Waals surface area contributed by atoms with E-state index in [4.69, 9.17) is 0 Å². The molecule has 0 aliphatic carbocycles. The molecule has 7 heteroatoms. The highest BCUT2D eigenvalue weighted by molar-refractivity contribution is 7.22. The van der Waals surface area contributed by atoms with Crippen molar-refractivity contribution in [2.75, 3.05) is 5.32 Å². The molecule has 0 bridgehead atoms. The molecule has 1 heterocycles. The van der Waals surface area contributed by atoms with Gasteiger partial charge in [-0.1, -0.05) is 11.3 Å². The van der Waals surface area contributed by atoms with Crippen molar-refractivity contribution in [2.45, 2.75) is 0 Å². The molecule has 3 rings (SSSR count). The minimum absolute atomic E-state index is 0.118. The Morgan fingerprint density at radius 1 is 1.19 bits per heavy atom. The Kier molecular flexibility index (Phi) is 3.19. The molecule has 0 atom stereocenters. The number of carbonyl (C=O) groups is 1. The largest absolute Gasteiger partial charge is 0.508 e. The van der Waals surface area contributed by atoms with Gasteiger partial charge in [-0.05, 0) is 36.4 Å². The van der Waals surface area contributed by atoms with E-state index >= 15 is 0 Å². The van der Waals surface area contributed by atoms with Crippen LogP contribution < -0.4 is 5.32 Å². The third kappa shape index (κ3) is 2.63. The number of nitrogens with one attached hydrogen (secondary N) is 1. The number of benzene rings is 2. The molecular formula is C14H9FN2O3S. The summed E-state index contributed by atoms with van der Waals surface area (Å²) < 4.78 is 13.7. The highest BCUT2D eigenvalue weighted by Gasteiger charge is 2.12. The second kappa shape index (κ2) is 5.02. The number of aromatic hydroxyl groups is 2. The van der Waals surface area contributed by atoms with Crippen LogP contribution in [0.1, 0.15) is 10.4 Å². The highest BCUT2D eigenvalue weighted by atomic mass is 32.1. The molecule has 0 radical (unpaired) electrons. The fraction of sp³-hybridized carbons (Fsp3) is 0. The van der Waals surface area contributed by atoms with Crippen molar-refractivity contribution >= 4 is 32.6 Å². The molecule has 3 N–H and O–H groups in total. The van der Waals surface area contributed by atoms with Crippen LogP contribution in [-0.2, 0) is 0 Å². The Labute approximate surface area is 122 Å². The Bertz CT molecular complexity index is 847. The fourth-order valence-electron chi connectivity index (χ4n) is 1.79. The molecule has 0 spiro atoms. The normalized spacial score (nSPS) is 10.7. The average Bonchev–Trinajstić information content (AvgIpc) is 2.83. The number of phenols is 2. The molecule has 3 aromatic rings. The number of phenolic OH excluding ortho intramolecular Hbond substituents is 2. The maximum absolute atomic E-state index is 13.0. The smallest absolute Gasteiger partial charge is 0.257 e. The first-order valence-electron chi connectivity index (χ1n) is 5.92. The van der Waals surface area contributed by atoms with Gasteiger partial charge in [-0.3, -0.25) is 10.1 Å². The van der Waals surface area contributed by atoms with Gasteiger partial charge >= 0.3 is 0 Å². The van der Waals surface area contributed by atoms with Crippen molar-refractivity contribution in [3.05, 3.63) is 47.8 Å². The molecule has 0 saturated heterocycles. The number of nitrogens with zero attached hydrogens (tertiary/aromatic N) is 1. The fourth-order valence-corrected chi connectivity index (χ4v) is 2.68. The third-order valence-electron chi connectivity index (χ3n) is 2.80. The maximum Gasteiger partial charge on any atom is 0.257 e. The molecule has 2 aromatic carbocycles. The topological polar surface area (TPSA) is 82.5 Å². The molecule has 0 aliphatic heterocycles. The summed E-state index contributed by atoms with van der Waals surface area (Å²) >= 11 is 1.20. The van der Waals surface area contributed by atoms with Crippen molar-refractivity contribution < 1.29 is 19.4 Å². The summed E-state index contributed by atoms with van der Waals surface area (Å²) in [6, 6.07) is 8.02. The monoisotopic (exact) mass is 304 g/mol. The SMILES string of the molecule is O=C(Nc1nc2ccc(O)cc2s1)c1ccc(F)c(O)c1. The number of rotatable bonds is 2. The Morgan fingerprint density at radius 3 is 2.76 bits per heavy atom. The molecular weight excluding hydrogens is 295 g/mol. The number of thiazole rings is 1. The van der Waals surface area contributed by atoms with Crippen molar-refractivity contribution in [3.8, 4) is 11.5 Å². The lowest BCUT2D eigenvalue weighted by Gasteiger charge is -2.02. The van der Waals surface area contributed by atoms with Gasteiger partial charge < -0.3 is 10.2 Å². The van der Waals surface area contributed by atoms with Crippen molar-refractivity contribution in [1.82, 2.24) is 4.98 Å². The van der Waals surface area contributed by atoms with Crippen LogP contribution in [0, 0.1) is 5.82 Å². The van der Waals surface area contributed by atoms with Crippen LogP contribution >= 0.6 is 11.3 Å². The summed E-state index contributed by atoms with van der Waals surface area (Å²) in [6.45, 7) is 0. The van der Waals surface area contributed by atoms with E-state index in [1.54, 1.807) is 12.1 Å². The number of aromatic nitrogens is 1. The molecule has 106 valence electrons. The summed E-state index contributed by atoms with van der Waals surface area (Å²) in [6.07, 6.45) is 0. The number of hydrogen-bond acceptors (Lipinski definition) is 5. The molecule has 1 amide bonds. The van der Waals surface area contributed by atoms with Gasteiger partial charge in [0.2, 0.25) is 0 Å². The quantitative estimate of drug-likeness (QED) is 0.679. The van der Waals surface area contributed by atoms with Crippen LogP contribution in [0.4, 0.5) is 9.52 Å². The predicted octanol–water partition coefficient (Wildman–Crippen LogP) is 3.10. The van der Waals surface area contributed by atoms with Crippen LogP contribution in [0.5, 0.6) is 11.5 Å². The summed E-state index contributed by atoms with van der Waals surface area (Å²) in [4.78, 5) is 16.2. The molecule has 0 fully saturated rings. The van der Waals surface area contributed by atoms with E-state index in [0.717, 1.165) is 16.8 Å². The minimum atomic E-state index is -0.790. The molecule has 5 nitrogen and oxygen atoms in total. The lowest BCUT2D eigenvalue weighted by Crippen LogP contribution is -2.11. The molecule has 0 aliphatic rings. The van der Waals surface area contributed by atoms with Crippen LogP contribution in [0.25, 0.3) is 10.2 Å². The van der Waals surface area contributed by atoms with Gasteiger partial charge in [0.1, 0.15) is 5.75 Å². The number of fused-ring (bicyclic) bond motifs is 1. The van der Waals surface area contributed by atoms with Crippen molar-refractivity contribution in [1.29, 1.82) is 0 Å². The summed E-state index contributed by atoms with van der Waals surface area (Å²) in [5.74, 6) is -1.76. The summed E-state index contributed by atoms with van der Waals surface area (Å²) in [5, 5.41) is 21.6. The number of amides is 1. The lowest BCUT2D eigenvalue weighted by atomic mass is 10.2. The lowest BCUT2D eigenvalue weighted by molar-refractivity contribution is 0.102. The third-order valence-corrected chi connectivity index (χ3v) is 3.73. The number of carbonyl (C=O) groups excluding carboxylic acids is 1. The second-order valence-electron chi connectivity index (χ2n) is 4.29. The van der Waals surface area contributed by atoms with Gasteiger partial charge in [-0.2, -0.15) is 0 Å². The van der Waals surface area contributed by atoms with E-state index in [9.17, 15) is 19.4 Å². The standard InChI is InChI=1S/C14H9FN2O3S/c15-9-3-1-7(5-11(9)19)13(20)17-14-16-10-4-2-8(18)6-12(10)21-14/h1-6,18-19H,(H,16,17,20). The molecule has 0 saturated carbocycles. The first kappa shape index (κ1) is 13.3. The zero-order chi connectivity index (χ0) is 15.0. The Hall–Kier alpha value is -2.67. The molecule has 21 heavy (non-hydrogen) atoms. The average molecular weight is 304 g/mol. The second-order valence-corrected chi connectivity index (χ2v) is 5.32. The summed E-state index contributed by atoms with van der Waals surface area (Å²) in [7, 11) is 0. The van der Waals surface area contributed by atoms with Crippen LogP contribution in [0.2, 0.25) is 0 Å². The molecule has 0 unspecified atom stereocenters. The first-order chi connectivity index (χ1) is 10.0. The number of hydrogen-bond donors (Lipinski definition) is 3. The van der Waals surface area contributed by atoms with Crippen molar-refractivity contribution in [2.24, 2.45) is 0 Å². The van der Waals surface area contributed by atoms with Crippen LogP contribution in [0.3, 0.4) is 0 Å². The van der Waals surface area contributed by atoms with E-state index < -0.39 is 17.5 Å². The van der Waals surface area contributed by atoms with Crippen LogP contribution in [-0.4, -0.2) is 21.1 Å². The maximum atomic E-state index is 13.0. The van der Waals surface area contributed by atoms with Gasteiger partial charge in [-0.15, -0.1) is 0 Å². The molecule has 1 aromatic heterocycles. The summed E-state index contributed by atoms with van der Waals surface area (Å²) in [5.41, 5.74) is 0.769. The zero-order valence-corrected chi connectivity index (χ0v) is 11.3. The predicted molar refractivity (Wildman–Crippen MR) is 77.3 cm³/mol. The van der Waals surface area contributed by atoms with E-state index in [0.29, 0.717) is 10.6 Å². The Balaban J connectivity index is 1.87. The van der Waals surface area contributed by atoms with Crippen molar-refractivity contribution in [3.63, 3.8) is 0 Å². The van der Waals surface area contributed by atoms with Crippen LogP contribution in [0.15, 0.2) is 36.4 Å².